The fourth-order valence-electron chi connectivity index (χ4n) is 3.72. The highest BCUT2D eigenvalue weighted by Crippen LogP contribution is 2.28. The number of imidazole rings is 1. The van der Waals surface area contributed by atoms with E-state index in [-0.39, 0.29) is 5.91 Å². The SMILES string of the molecule is CCCC1CC(=O)N(Cn2c(-c3ccncn3)nc3cc(C#N)ccc32)C1. The van der Waals surface area contributed by atoms with Gasteiger partial charge in [-0.15, -0.1) is 0 Å². The van der Waals surface area contributed by atoms with Gasteiger partial charge >= 0.3 is 0 Å². The number of nitrogens with zero attached hydrogens (tertiary/aromatic N) is 6. The Hall–Kier alpha value is -3.27. The zero-order chi connectivity index (χ0) is 18.8. The molecule has 7 nitrogen and oxygen atoms in total. The molecule has 1 amide bonds. The van der Waals surface area contributed by atoms with Gasteiger partial charge in [-0.3, -0.25) is 4.79 Å². The minimum Gasteiger partial charge on any atom is -0.324 e. The zero-order valence-corrected chi connectivity index (χ0v) is 15.2. The quantitative estimate of drug-likeness (QED) is 0.698. The molecule has 1 atom stereocenters. The van der Waals surface area contributed by atoms with Crippen LogP contribution in [0.1, 0.15) is 31.7 Å². The summed E-state index contributed by atoms with van der Waals surface area (Å²) >= 11 is 0. The smallest absolute Gasteiger partial charge is 0.224 e. The third-order valence-electron chi connectivity index (χ3n) is 4.99. The summed E-state index contributed by atoms with van der Waals surface area (Å²) in [6.07, 6.45) is 5.92. The number of benzene rings is 1. The molecule has 1 aliphatic heterocycles. The van der Waals surface area contributed by atoms with Crippen molar-refractivity contribution in [1.82, 2.24) is 24.4 Å². The van der Waals surface area contributed by atoms with Crippen LogP contribution in [-0.2, 0) is 11.5 Å². The predicted molar refractivity (Wildman–Crippen MR) is 100 cm³/mol. The molecule has 1 aromatic carbocycles. The fraction of sp³-hybridized carbons (Fsp3) is 0.350. The maximum absolute atomic E-state index is 12.5. The van der Waals surface area contributed by atoms with E-state index < -0.39 is 0 Å². The first-order valence-electron chi connectivity index (χ1n) is 9.14. The van der Waals surface area contributed by atoms with Crippen LogP contribution in [-0.4, -0.2) is 36.9 Å². The van der Waals surface area contributed by atoms with Gasteiger partial charge in [0.05, 0.1) is 29.3 Å². The second-order valence-corrected chi connectivity index (χ2v) is 6.89. The summed E-state index contributed by atoms with van der Waals surface area (Å²) in [6.45, 7) is 3.35. The third kappa shape index (κ3) is 3.26. The number of rotatable bonds is 5. The topological polar surface area (TPSA) is 87.7 Å². The van der Waals surface area contributed by atoms with Crippen molar-refractivity contribution in [3.05, 3.63) is 42.4 Å². The molecule has 3 heterocycles. The van der Waals surface area contributed by atoms with Crippen molar-refractivity contribution in [1.29, 1.82) is 5.26 Å². The van der Waals surface area contributed by atoms with Crippen molar-refractivity contribution in [2.24, 2.45) is 5.92 Å². The summed E-state index contributed by atoms with van der Waals surface area (Å²) < 4.78 is 2.01. The first-order chi connectivity index (χ1) is 13.2. The number of carbonyl (C=O) groups is 1. The Morgan fingerprint density at radius 1 is 1.33 bits per heavy atom. The molecule has 0 spiro atoms. The van der Waals surface area contributed by atoms with Crippen molar-refractivity contribution in [2.45, 2.75) is 32.9 Å². The molecule has 0 aliphatic carbocycles. The number of amides is 1. The number of likely N-dealkylation sites (tertiary alicyclic amines) is 1. The number of carbonyl (C=O) groups excluding carboxylic acids is 1. The molecule has 0 saturated carbocycles. The molecule has 1 aliphatic rings. The van der Waals surface area contributed by atoms with E-state index in [0.29, 0.717) is 36.1 Å². The third-order valence-corrected chi connectivity index (χ3v) is 4.99. The molecule has 2 aromatic heterocycles. The van der Waals surface area contributed by atoms with Gasteiger partial charge in [-0.2, -0.15) is 5.26 Å². The largest absolute Gasteiger partial charge is 0.324 e. The standard InChI is InChI=1S/C20H20N6O/c1-2-3-15-9-19(27)25(11-15)13-26-18-5-4-14(10-21)8-17(18)24-20(26)16-6-7-22-12-23-16/h4-8,12,15H,2-3,9,11,13H2,1H3. The normalized spacial score (nSPS) is 16.8. The van der Waals surface area contributed by atoms with Crippen LogP contribution in [0.2, 0.25) is 0 Å². The van der Waals surface area contributed by atoms with Crippen molar-refractivity contribution in [3.8, 4) is 17.6 Å². The first kappa shape index (κ1) is 17.2. The average molecular weight is 360 g/mol. The van der Waals surface area contributed by atoms with E-state index in [1.165, 1.54) is 6.33 Å². The van der Waals surface area contributed by atoms with Crippen LogP contribution in [0.25, 0.3) is 22.6 Å². The minimum absolute atomic E-state index is 0.178. The van der Waals surface area contributed by atoms with Gasteiger partial charge in [0.2, 0.25) is 5.91 Å². The first-order valence-corrected chi connectivity index (χ1v) is 9.14. The molecular formula is C20H20N6O. The lowest BCUT2D eigenvalue weighted by Crippen LogP contribution is -2.28. The number of nitriles is 1. The Bertz CT molecular complexity index is 1020. The Kier molecular flexibility index (Phi) is 4.55. The van der Waals surface area contributed by atoms with E-state index in [2.05, 4.69) is 23.0 Å². The van der Waals surface area contributed by atoms with Crippen LogP contribution in [0.5, 0.6) is 0 Å². The van der Waals surface area contributed by atoms with Gasteiger partial charge in [-0.1, -0.05) is 13.3 Å². The Balaban J connectivity index is 1.76. The molecule has 27 heavy (non-hydrogen) atoms. The molecule has 1 saturated heterocycles. The molecule has 7 heteroatoms. The summed E-state index contributed by atoms with van der Waals surface area (Å²) in [5.41, 5.74) is 2.85. The summed E-state index contributed by atoms with van der Waals surface area (Å²) in [4.78, 5) is 27.4. The van der Waals surface area contributed by atoms with Crippen molar-refractivity contribution >= 4 is 16.9 Å². The van der Waals surface area contributed by atoms with Crippen LogP contribution in [0.15, 0.2) is 36.8 Å². The van der Waals surface area contributed by atoms with E-state index >= 15 is 0 Å². The maximum atomic E-state index is 12.5. The molecule has 3 aromatic rings. The number of hydrogen-bond acceptors (Lipinski definition) is 5. The van der Waals surface area contributed by atoms with Gasteiger partial charge in [0.15, 0.2) is 5.82 Å². The summed E-state index contributed by atoms with van der Waals surface area (Å²) in [5, 5.41) is 9.18. The molecule has 136 valence electrons. The van der Waals surface area contributed by atoms with E-state index in [9.17, 15) is 10.1 Å². The van der Waals surface area contributed by atoms with E-state index in [4.69, 9.17) is 4.98 Å². The van der Waals surface area contributed by atoms with Crippen LogP contribution in [0.3, 0.4) is 0 Å². The van der Waals surface area contributed by atoms with Gasteiger partial charge in [-0.25, -0.2) is 15.0 Å². The van der Waals surface area contributed by atoms with Gasteiger partial charge < -0.3 is 9.47 Å². The van der Waals surface area contributed by atoms with Gasteiger partial charge in [0.1, 0.15) is 12.0 Å². The lowest BCUT2D eigenvalue weighted by molar-refractivity contribution is -0.129. The van der Waals surface area contributed by atoms with Crippen molar-refractivity contribution in [3.63, 3.8) is 0 Å². The van der Waals surface area contributed by atoms with Crippen molar-refractivity contribution in [2.75, 3.05) is 6.54 Å². The molecule has 0 radical (unpaired) electrons. The highest BCUT2D eigenvalue weighted by molar-refractivity contribution is 5.82. The average Bonchev–Trinajstić information content (AvgIpc) is 3.23. The van der Waals surface area contributed by atoms with E-state index in [0.717, 1.165) is 30.4 Å². The van der Waals surface area contributed by atoms with Gasteiger partial charge in [0.25, 0.3) is 0 Å². The molecule has 4 rings (SSSR count). The molecule has 1 fully saturated rings. The van der Waals surface area contributed by atoms with E-state index in [1.54, 1.807) is 24.4 Å². The van der Waals surface area contributed by atoms with Gasteiger partial charge in [-0.05, 0) is 36.6 Å². The minimum atomic E-state index is 0.178. The number of hydrogen-bond donors (Lipinski definition) is 0. The van der Waals surface area contributed by atoms with Crippen molar-refractivity contribution < 1.29 is 4.79 Å². The summed E-state index contributed by atoms with van der Waals surface area (Å²) in [6, 6.07) is 9.37. The van der Waals surface area contributed by atoms with E-state index in [1.807, 2.05) is 15.5 Å². The Morgan fingerprint density at radius 3 is 2.96 bits per heavy atom. The van der Waals surface area contributed by atoms with Crippen LogP contribution < -0.4 is 0 Å². The highest BCUT2D eigenvalue weighted by Gasteiger charge is 2.30. The van der Waals surface area contributed by atoms with Gasteiger partial charge in [0, 0.05) is 19.2 Å². The predicted octanol–water partition coefficient (Wildman–Crippen LogP) is 2.97. The van der Waals surface area contributed by atoms with Crippen LogP contribution in [0.4, 0.5) is 0 Å². The fourth-order valence-corrected chi connectivity index (χ4v) is 3.72. The lowest BCUT2D eigenvalue weighted by atomic mass is 10.0. The van der Waals surface area contributed by atoms with Crippen LogP contribution >= 0.6 is 0 Å². The summed E-state index contributed by atoms with van der Waals surface area (Å²) in [7, 11) is 0. The summed E-state index contributed by atoms with van der Waals surface area (Å²) in [5.74, 6) is 1.27. The number of fused-ring (bicyclic) bond motifs is 1. The highest BCUT2D eigenvalue weighted by atomic mass is 16.2. The van der Waals surface area contributed by atoms with Crippen LogP contribution in [0, 0.1) is 17.2 Å². The maximum Gasteiger partial charge on any atom is 0.224 e. The molecule has 1 unspecified atom stereocenters. The molecule has 0 bridgehead atoms. The monoisotopic (exact) mass is 360 g/mol. The molecular weight excluding hydrogens is 340 g/mol. The Morgan fingerprint density at radius 2 is 2.22 bits per heavy atom. The zero-order valence-electron chi connectivity index (χ0n) is 15.2. The second kappa shape index (κ2) is 7.16. The second-order valence-electron chi connectivity index (χ2n) is 6.89. The lowest BCUT2D eigenvalue weighted by Gasteiger charge is -2.19. The number of aromatic nitrogens is 4. The Labute approximate surface area is 157 Å². The molecule has 0 N–H and O–H groups in total.